The molecule has 0 spiro atoms. The van der Waals surface area contributed by atoms with Crippen molar-refractivity contribution in [2.24, 2.45) is 5.41 Å². The van der Waals surface area contributed by atoms with Crippen LogP contribution in [0.2, 0.25) is 0 Å². The molecule has 1 aliphatic heterocycles. The summed E-state index contributed by atoms with van der Waals surface area (Å²) in [5.41, 5.74) is -0.616. The maximum atomic E-state index is 9.83. The van der Waals surface area contributed by atoms with Crippen LogP contribution in [0.15, 0.2) is 0 Å². The van der Waals surface area contributed by atoms with Crippen molar-refractivity contribution in [2.75, 3.05) is 13.2 Å². The summed E-state index contributed by atoms with van der Waals surface area (Å²) in [7, 11) is 0. The number of unbranched alkanes of at least 4 members (excludes halogenated alkanes) is 1. The number of rotatable bonds is 4. The fourth-order valence-electron chi connectivity index (χ4n) is 1.68. The molecule has 13 heavy (non-hydrogen) atoms. The Morgan fingerprint density at radius 1 is 1.69 bits per heavy atom. The van der Waals surface area contributed by atoms with E-state index in [1.165, 1.54) is 0 Å². The van der Waals surface area contributed by atoms with Crippen molar-refractivity contribution >= 4 is 0 Å². The highest BCUT2D eigenvalue weighted by molar-refractivity contribution is 5.05. The SMILES string of the molecule is CCCCC(O)C1(C#N)CCOC1. The minimum Gasteiger partial charge on any atom is -0.391 e. The van der Waals surface area contributed by atoms with Gasteiger partial charge < -0.3 is 9.84 Å². The normalized spacial score (nSPS) is 29.9. The molecular weight excluding hydrogens is 166 g/mol. The van der Waals surface area contributed by atoms with E-state index in [1.807, 2.05) is 0 Å². The quantitative estimate of drug-likeness (QED) is 0.718. The standard InChI is InChI=1S/C10H17NO2/c1-2-3-4-9(12)10(7-11)5-6-13-8-10/h9,12H,2-6,8H2,1H3. The van der Waals surface area contributed by atoms with Gasteiger partial charge in [-0.25, -0.2) is 0 Å². The predicted molar refractivity (Wildman–Crippen MR) is 49.0 cm³/mol. The second kappa shape index (κ2) is 4.59. The highest BCUT2D eigenvalue weighted by Crippen LogP contribution is 2.33. The Morgan fingerprint density at radius 2 is 2.46 bits per heavy atom. The largest absolute Gasteiger partial charge is 0.391 e. The third-order valence-corrected chi connectivity index (χ3v) is 2.74. The van der Waals surface area contributed by atoms with Crippen molar-refractivity contribution in [3.8, 4) is 6.07 Å². The van der Waals surface area contributed by atoms with Gasteiger partial charge in [0.05, 0.1) is 18.8 Å². The average molecular weight is 183 g/mol. The van der Waals surface area contributed by atoms with E-state index in [4.69, 9.17) is 10.00 Å². The smallest absolute Gasteiger partial charge is 0.109 e. The van der Waals surface area contributed by atoms with Crippen LogP contribution < -0.4 is 0 Å². The molecule has 1 fully saturated rings. The van der Waals surface area contributed by atoms with Crippen LogP contribution in [0.5, 0.6) is 0 Å². The molecule has 74 valence electrons. The molecule has 0 saturated carbocycles. The van der Waals surface area contributed by atoms with Gasteiger partial charge in [0, 0.05) is 6.61 Å². The summed E-state index contributed by atoms with van der Waals surface area (Å²) in [5.74, 6) is 0. The van der Waals surface area contributed by atoms with Gasteiger partial charge in [0.25, 0.3) is 0 Å². The van der Waals surface area contributed by atoms with Gasteiger partial charge >= 0.3 is 0 Å². The van der Waals surface area contributed by atoms with Gasteiger partial charge in [-0.1, -0.05) is 19.8 Å². The summed E-state index contributed by atoms with van der Waals surface area (Å²) in [6, 6.07) is 2.21. The Labute approximate surface area is 79.3 Å². The number of aliphatic hydroxyl groups excluding tert-OH is 1. The molecule has 3 heteroatoms. The van der Waals surface area contributed by atoms with E-state index < -0.39 is 11.5 Å². The van der Waals surface area contributed by atoms with Gasteiger partial charge in [-0.3, -0.25) is 0 Å². The molecule has 0 amide bonds. The summed E-state index contributed by atoms with van der Waals surface area (Å²) >= 11 is 0. The lowest BCUT2D eigenvalue weighted by atomic mass is 9.81. The summed E-state index contributed by atoms with van der Waals surface area (Å²) < 4.78 is 5.17. The predicted octanol–water partition coefficient (Wildman–Crippen LogP) is 1.47. The highest BCUT2D eigenvalue weighted by atomic mass is 16.5. The first-order valence-corrected chi connectivity index (χ1v) is 4.92. The molecule has 1 heterocycles. The fraction of sp³-hybridized carbons (Fsp3) is 0.900. The molecule has 2 atom stereocenters. The summed E-state index contributed by atoms with van der Waals surface area (Å²) in [5, 5.41) is 18.8. The third kappa shape index (κ3) is 2.20. The molecular formula is C10H17NO2. The molecule has 2 unspecified atom stereocenters. The molecule has 0 aromatic heterocycles. The van der Waals surface area contributed by atoms with E-state index in [0.29, 0.717) is 26.1 Å². The lowest BCUT2D eigenvalue weighted by Crippen LogP contribution is -2.34. The first kappa shape index (κ1) is 10.5. The molecule has 1 aliphatic rings. The van der Waals surface area contributed by atoms with E-state index in [0.717, 1.165) is 12.8 Å². The van der Waals surface area contributed by atoms with Crippen LogP contribution in [0.4, 0.5) is 0 Å². The molecule has 0 aromatic carbocycles. The second-order valence-corrected chi connectivity index (χ2v) is 3.73. The summed E-state index contributed by atoms with van der Waals surface area (Å²) in [6.45, 7) is 3.09. The first-order valence-electron chi connectivity index (χ1n) is 4.92. The number of aliphatic hydroxyl groups is 1. The fourth-order valence-corrected chi connectivity index (χ4v) is 1.68. The van der Waals surface area contributed by atoms with Crippen LogP contribution in [0.3, 0.4) is 0 Å². The van der Waals surface area contributed by atoms with Crippen molar-refractivity contribution in [2.45, 2.75) is 38.7 Å². The minimum absolute atomic E-state index is 0.397. The molecule has 0 aromatic rings. The van der Waals surface area contributed by atoms with Gasteiger partial charge in [0.2, 0.25) is 0 Å². The molecule has 0 bridgehead atoms. The zero-order valence-electron chi connectivity index (χ0n) is 8.12. The molecule has 1 N–H and O–H groups in total. The Balaban J connectivity index is 2.50. The van der Waals surface area contributed by atoms with E-state index in [9.17, 15) is 5.11 Å². The van der Waals surface area contributed by atoms with Crippen molar-refractivity contribution in [1.29, 1.82) is 5.26 Å². The van der Waals surface area contributed by atoms with Crippen LogP contribution in [0, 0.1) is 16.7 Å². The van der Waals surface area contributed by atoms with Crippen molar-refractivity contribution in [1.82, 2.24) is 0 Å². The first-order chi connectivity index (χ1) is 6.25. The topological polar surface area (TPSA) is 53.2 Å². The van der Waals surface area contributed by atoms with E-state index in [1.54, 1.807) is 0 Å². The number of nitriles is 1. The molecule has 0 radical (unpaired) electrons. The van der Waals surface area contributed by atoms with Crippen LogP contribution in [-0.2, 0) is 4.74 Å². The van der Waals surface area contributed by atoms with Crippen LogP contribution in [-0.4, -0.2) is 24.4 Å². The molecule has 1 rings (SSSR count). The lowest BCUT2D eigenvalue weighted by molar-refractivity contribution is 0.0434. The van der Waals surface area contributed by atoms with E-state index in [-0.39, 0.29) is 0 Å². The van der Waals surface area contributed by atoms with Crippen molar-refractivity contribution in [3.63, 3.8) is 0 Å². The number of ether oxygens (including phenoxy) is 1. The number of hydrogen-bond acceptors (Lipinski definition) is 3. The summed E-state index contributed by atoms with van der Waals surface area (Å²) in [4.78, 5) is 0. The second-order valence-electron chi connectivity index (χ2n) is 3.73. The zero-order chi connectivity index (χ0) is 9.73. The zero-order valence-corrected chi connectivity index (χ0v) is 8.12. The van der Waals surface area contributed by atoms with Gasteiger partial charge in [-0.2, -0.15) is 5.26 Å². The van der Waals surface area contributed by atoms with Crippen molar-refractivity contribution < 1.29 is 9.84 Å². The van der Waals surface area contributed by atoms with Gasteiger partial charge in [0.1, 0.15) is 5.41 Å². The minimum atomic E-state index is -0.616. The number of hydrogen-bond donors (Lipinski definition) is 1. The van der Waals surface area contributed by atoms with E-state index >= 15 is 0 Å². The van der Waals surface area contributed by atoms with Crippen LogP contribution in [0.25, 0.3) is 0 Å². The van der Waals surface area contributed by atoms with Crippen LogP contribution in [0.1, 0.15) is 32.6 Å². The Morgan fingerprint density at radius 3 is 2.92 bits per heavy atom. The van der Waals surface area contributed by atoms with Crippen molar-refractivity contribution in [3.05, 3.63) is 0 Å². The summed E-state index contributed by atoms with van der Waals surface area (Å²) in [6.07, 6.45) is 2.91. The van der Waals surface area contributed by atoms with E-state index in [2.05, 4.69) is 13.0 Å². The maximum Gasteiger partial charge on any atom is 0.109 e. The monoisotopic (exact) mass is 183 g/mol. The third-order valence-electron chi connectivity index (χ3n) is 2.74. The van der Waals surface area contributed by atoms with Gasteiger partial charge in [-0.15, -0.1) is 0 Å². The maximum absolute atomic E-state index is 9.83. The lowest BCUT2D eigenvalue weighted by Gasteiger charge is -2.24. The van der Waals surface area contributed by atoms with Gasteiger partial charge in [-0.05, 0) is 12.8 Å². The average Bonchev–Trinajstić information content (AvgIpc) is 2.63. The Hall–Kier alpha value is -0.590. The number of nitrogens with zero attached hydrogens (tertiary/aromatic N) is 1. The van der Waals surface area contributed by atoms with Gasteiger partial charge in [0.15, 0.2) is 0 Å². The van der Waals surface area contributed by atoms with Crippen LogP contribution >= 0.6 is 0 Å². The molecule has 0 aliphatic carbocycles. The highest BCUT2D eigenvalue weighted by Gasteiger charge is 2.41. The molecule has 3 nitrogen and oxygen atoms in total. The molecule has 1 saturated heterocycles. The Bertz CT molecular complexity index is 192. The Kier molecular flexibility index (Phi) is 3.71.